The smallest absolute Gasteiger partial charge is 0.200 e. The molecule has 4 rings (SSSR count). The Hall–Kier alpha value is -1.38. The van der Waals surface area contributed by atoms with Crippen LogP contribution in [0.4, 0.5) is 8.78 Å². The first-order valence-electron chi connectivity index (χ1n) is 12.3. The van der Waals surface area contributed by atoms with Crippen LogP contribution in [0, 0.1) is 41.2 Å². The SMILES string of the molecule is C/C=C/COc1cc2c(c(F)c1F)CC(C1CCC3CC(CCC)CCC3C1)CC2. The van der Waals surface area contributed by atoms with Crippen LogP contribution in [0.3, 0.4) is 0 Å². The summed E-state index contributed by atoms with van der Waals surface area (Å²) in [4.78, 5) is 0. The average Bonchev–Trinajstić information content (AvgIpc) is 2.77. The van der Waals surface area contributed by atoms with Gasteiger partial charge in [0.2, 0.25) is 5.82 Å². The molecule has 0 radical (unpaired) electrons. The summed E-state index contributed by atoms with van der Waals surface area (Å²) in [5, 5.41) is 0. The van der Waals surface area contributed by atoms with Crippen LogP contribution >= 0.6 is 0 Å². The first-order valence-corrected chi connectivity index (χ1v) is 12.3. The molecule has 0 N–H and O–H groups in total. The van der Waals surface area contributed by atoms with Gasteiger partial charge in [0.05, 0.1) is 0 Å². The Balaban J connectivity index is 1.41. The van der Waals surface area contributed by atoms with Gasteiger partial charge < -0.3 is 4.74 Å². The monoisotopic (exact) mass is 416 g/mol. The number of rotatable bonds is 6. The fourth-order valence-electron chi connectivity index (χ4n) is 6.70. The second kappa shape index (κ2) is 9.83. The summed E-state index contributed by atoms with van der Waals surface area (Å²) in [6.45, 7) is 4.47. The van der Waals surface area contributed by atoms with E-state index in [0.29, 0.717) is 23.8 Å². The number of hydrogen-bond acceptors (Lipinski definition) is 1. The Labute approximate surface area is 181 Å². The molecule has 5 unspecified atom stereocenters. The van der Waals surface area contributed by atoms with E-state index in [2.05, 4.69) is 6.92 Å². The molecular formula is C27H38F2O. The minimum Gasteiger partial charge on any atom is -0.486 e. The van der Waals surface area contributed by atoms with Crippen LogP contribution in [-0.2, 0) is 12.8 Å². The summed E-state index contributed by atoms with van der Waals surface area (Å²) in [6, 6.07) is 1.75. The van der Waals surface area contributed by atoms with Crippen molar-refractivity contribution in [2.75, 3.05) is 6.61 Å². The zero-order chi connectivity index (χ0) is 21.1. The molecule has 5 atom stereocenters. The summed E-state index contributed by atoms with van der Waals surface area (Å²) in [7, 11) is 0. The molecule has 0 aliphatic heterocycles. The predicted molar refractivity (Wildman–Crippen MR) is 119 cm³/mol. The van der Waals surface area contributed by atoms with Crippen molar-refractivity contribution in [3.63, 3.8) is 0 Å². The van der Waals surface area contributed by atoms with Crippen molar-refractivity contribution in [3.05, 3.63) is 41.0 Å². The van der Waals surface area contributed by atoms with Crippen molar-refractivity contribution in [1.29, 1.82) is 0 Å². The summed E-state index contributed by atoms with van der Waals surface area (Å²) >= 11 is 0. The van der Waals surface area contributed by atoms with Gasteiger partial charge in [-0.15, -0.1) is 0 Å². The van der Waals surface area contributed by atoms with Crippen LogP contribution in [0.15, 0.2) is 18.2 Å². The lowest BCUT2D eigenvalue weighted by Crippen LogP contribution is -2.35. The largest absolute Gasteiger partial charge is 0.486 e. The number of fused-ring (bicyclic) bond motifs is 2. The van der Waals surface area contributed by atoms with Gasteiger partial charge in [0.15, 0.2) is 11.6 Å². The number of hydrogen-bond donors (Lipinski definition) is 0. The summed E-state index contributed by atoms with van der Waals surface area (Å²) in [5.41, 5.74) is 1.57. The number of aryl methyl sites for hydroxylation is 1. The van der Waals surface area contributed by atoms with Gasteiger partial charge in [0, 0.05) is 0 Å². The van der Waals surface area contributed by atoms with E-state index in [-0.39, 0.29) is 12.4 Å². The van der Waals surface area contributed by atoms with Crippen LogP contribution in [0.2, 0.25) is 0 Å². The minimum atomic E-state index is -0.808. The van der Waals surface area contributed by atoms with Gasteiger partial charge >= 0.3 is 0 Å². The second-order valence-electron chi connectivity index (χ2n) is 10.1. The standard InChI is InChI=1S/C27H38F2O/c1-3-5-13-30-25-17-23-12-11-22(16-24(23)26(28)27(25)29)21-10-9-19-14-18(6-4-2)7-8-20(19)15-21/h3,5,17-22H,4,6-16H2,1-2H3/b5-3+. The number of benzene rings is 1. The summed E-state index contributed by atoms with van der Waals surface area (Å²) < 4.78 is 34.9. The highest BCUT2D eigenvalue weighted by atomic mass is 19.2. The van der Waals surface area contributed by atoms with Gasteiger partial charge in [-0.25, -0.2) is 4.39 Å². The molecule has 1 aromatic carbocycles. The lowest BCUT2D eigenvalue weighted by Gasteiger charge is -2.45. The van der Waals surface area contributed by atoms with Crippen molar-refractivity contribution in [2.24, 2.45) is 29.6 Å². The first kappa shape index (κ1) is 21.8. The van der Waals surface area contributed by atoms with Gasteiger partial charge in [-0.1, -0.05) is 38.3 Å². The fourth-order valence-corrected chi connectivity index (χ4v) is 6.70. The molecule has 0 saturated heterocycles. The maximum atomic E-state index is 14.9. The zero-order valence-corrected chi connectivity index (χ0v) is 18.8. The number of ether oxygens (including phenoxy) is 1. The Morgan fingerprint density at radius 3 is 2.47 bits per heavy atom. The van der Waals surface area contributed by atoms with Gasteiger partial charge in [-0.05, 0) is 105 Å². The van der Waals surface area contributed by atoms with Crippen molar-refractivity contribution in [1.82, 2.24) is 0 Å². The molecule has 0 amide bonds. The Morgan fingerprint density at radius 2 is 1.70 bits per heavy atom. The first-order chi connectivity index (χ1) is 14.6. The molecule has 0 heterocycles. The van der Waals surface area contributed by atoms with Crippen LogP contribution in [0.5, 0.6) is 5.75 Å². The number of allylic oxidation sites excluding steroid dienone is 1. The highest BCUT2D eigenvalue weighted by Gasteiger charge is 2.39. The molecule has 0 spiro atoms. The van der Waals surface area contributed by atoms with Gasteiger partial charge in [0.1, 0.15) is 6.61 Å². The zero-order valence-electron chi connectivity index (χ0n) is 18.8. The molecule has 1 aromatic rings. The van der Waals surface area contributed by atoms with Crippen molar-refractivity contribution in [3.8, 4) is 5.75 Å². The molecule has 166 valence electrons. The lowest BCUT2D eigenvalue weighted by atomic mass is 9.61. The van der Waals surface area contributed by atoms with Gasteiger partial charge in [0.25, 0.3) is 0 Å². The summed E-state index contributed by atoms with van der Waals surface area (Å²) in [5.74, 6) is 2.54. The van der Waals surface area contributed by atoms with E-state index in [1.807, 2.05) is 13.0 Å². The van der Waals surface area contributed by atoms with Crippen LogP contribution in [-0.4, -0.2) is 6.61 Å². The number of halogens is 2. The predicted octanol–water partition coefficient (Wildman–Crippen LogP) is 7.66. The quantitative estimate of drug-likeness (QED) is 0.433. The minimum absolute atomic E-state index is 0.0622. The van der Waals surface area contributed by atoms with E-state index in [4.69, 9.17) is 4.74 Å². The van der Waals surface area contributed by atoms with E-state index in [9.17, 15) is 8.78 Å². The van der Waals surface area contributed by atoms with Crippen LogP contribution < -0.4 is 4.74 Å². The molecule has 0 bridgehead atoms. The Kier molecular flexibility index (Phi) is 7.16. The van der Waals surface area contributed by atoms with E-state index in [0.717, 1.165) is 36.2 Å². The van der Waals surface area contributed by atoms with E-state index < -0.39 is 11.6 Å². The topological polar surface area (TPSA) is 9.23 Å². The molecule has 30 heavy (non-hydrogen) atoms. The Morgan fingerprint density at radius 1 is 0.967 bits per heavy atom. The van der Waals surface area contributed by atoms with Crippen molar-refractivity contribution < 1.29 is 13.5 Å². The normalized spacial score (nSPS) is 31.4. The van der Waals surface area contributed by atoms with Crippen LogP contribution in [0.1, 0.15) is 82.8 Å². The maximum Gasteiger partial charge on any atom is 0.200 e. The fraction of sp³-hybridized carbons (Fsp3) is 0.704. The molecule has 0 aromatic heterocycles. The highest BCUT2D eigenvalue weighted by Crippen LogP contribution is 2.49. The molecule has 2 saturated carbocycles. The Bertz CT molecular complexity index is 756. The van der Waals surface area contributed by atoms with Gasteiger partial charge in [-0.2, -0.15) is 4.39 Å². The maximum absolute atomic E-state index is 14.9. The molecule has 3 aliphatic carbocycles. The molecule has 3 aliphatic rings. The molecule has 2 fully saturated rings. The third kappa shape index (κ3) is 4.60. The van der Waals surface area contributed by atoms with Crippen LogP contribution in [0.25, 0.3) is 0 Å². The summed E-state index contributed by atoms with van der Waals surface area (Å²) in [6.07, 6.45) is 17.2. The third-order valence-electron chi connectivity index (χ3n) is 8.31. The lowest BCUT2D eigenvalue weighted by molar-refractivity contribution is 0.0691. The van der Waals surface area contributed by atoms with Gasteiger partial charge in [-0.3, -0.25) is 0 Å². The highest BCUT2D eigenvalue weighted by molar-refractivity contribution is 5.40. The van der Waals surface area contributed by atoms with E-state index in [1.165, 1.54) is 51.4 Å². The molecular weight excluding hydrogens is 378 g/mol. The van der Waals surface area contributed by atoms with E-state index >= 15 is 0 Å². The van der Waals surface area contributed by atoms with Crippen molar-refractivity contribution in [2.45, 2.75) is 84.5 Å². The van der Waals surface area contributed by atoms with E-state index in [1.54, 1.807) is 12.1 Å². The van der Waals surface area contributed by atoms with Crippen molar-refractivity contribution >= 4 is 0 Å². The second-order valence-corrected chi connectivity index (χ2v) is 10.1. The average molecular weight is 417 g/mol. The molecule has 1 nitrogen and oxygen atoms in total. The molecule has 3 heteroatoms. The third-order valence-corrected chi connectivity index (χ3v) is 8.31.